The van der Waals surface area contributed by atoms with E-state index in [1.54, 1.807) is 25.1 Å². The number of nitrogens with zero attached hydrogens (tertiary/aromatic N) is 1. The maximum atomic E-state index is 11.5. The number of anilines is 1. The second-order valence-corrected chi connectivity index (χ2v) is 8.86. The van der Waals surface area contributed by atoms with Crippen LogP contribution in [0.4, 0.5) is 10.5 Å². The first kappa shape index (κ1) is 25.5. The molecule has 0 bridgehead atoms. The van der Waals surface area contributed by atoms with Crippen LogP contribution in [0.3, 0.4) is 0 Å². The standard InChI is InChI=1S/C12H14N4O5S.C10H11NO2/c1-14-12(18)15-9(6-17)11-5-7-4-8(16-22(13,19)20)2-3-10(7)21-11;1-11-6-7-3-4-8(13-2)5-9(7)10(11)12/h2-6,9,16H,1H3,(H2,13,19,20)(H2,14,15,18);3-5H,6H2,1-2H3. The highest BCUT2D eigenvalue weighted by atomic mass is 32.2. The van der Waals surface area contributed by atoms with Crippen LogP contribution in [0, 0.1) is 0 Å². The van der Waals surface area contributed by atoms with Crippen LogP contribution in [0.15, 0.2) is 46.9 Å². The van der Waals surface area contributed by atoms with Crippen LogP contribution < -0.4 is 25.2 Å². The van der Waals surface area contributed by atoms with Gasteiger partial charge in [-0.1, -0.05) is 6.07 Å². The van der Waals surface area contributed by atoms with Crippen molar-refractivity contribution < 1.29 is 32.0 Å². The van der Waals surface area contributed by atoms with Gasteiger partial charge in [0.05, 0.1) is 12.8 Å². The van der Waals surface area contributed by atoms with E-state index in [0.717, 1.165) is 16.9 Å². The normalized spacial score (nSPS) is 13.4. The third-order valence-corrected chi connectivity index (χ3v) is 5.57. The molecule has 5 N–H and O–H groups in total. The number of aldehydes is 1. The molecule has 4 rings (SSSR count). The van der Waals surface area contributed by atoms with Crippen LogP contribution in [0.5, 0.6) is 5.75 Å². The summed E-state index contributed by atoms with van der Waals surface area (Å²) in [6.45, 7) is 0.707. The first-order valence-electron chi connectivity index (χ1n) is 10.2. The lowest BCUT2D eigenvalue weighted by Gasteiger charge is -2.08. The molecule has 1 unspecified atom stereocenters. The van der Waals surface area contributed by atoms with E-state index in [4.69, 9.17) is 14.3 Å². The summed E-state index contributed by atoms with van der Waals surface area (Å²) in [6.07, 6.45) is 0.524. The molecule has 13 heteroatoms. The van der Waals surface area contributed by atoms with E-state index in [9.17, 15) is 22.8 Å². The molecule has 3 amide bonds. The van der Waals surface area contributed by atoms with Crippen molar-refractivity contribution in [3.63, 3.8) is 0 Å². The van der Waals surface area contributed by atoms with Gasteiger partial charge >= 0.3 is 6.03 Å². The Morgan fingerprint density at radius 3 is 2.60 bits per heavy atom. The molecule has 1 atom stereocenters. The molecule has 0 saturated heterocycles. The number of hydrogen-bond donors (Lipinski definition) is 4. The summed E-state index contributed by atoms with van der Waals surface area (Å²) >= 11 is 0. The van der Waals surface area contributed by atoms with Crippen molar-refractivity contribution in [2.45, 2.75) is 12.6 Å². The van der Waals surface area contributed by atoms with Gasteiger partial charge in [0.25, 0.3) is 16.1 Å². The molecule has 0 fully saturated rings. The third-order valence-electron chi connectivity index (χ3n) is 5.05. The number of furan rings is 1. The van der Waals surface area contributed by atoms with Crippen molar-refractivity contribution in [2.24, 2.45) is 5.14 Å². The quantitative estimate of drug-likeness (QED) is 0.369. The summed E-state index contributed by atoms with van der Waals surface area (Å²) in [6, 6.07) is 10.1. The monoisotopic (exact) mass is 503 g/mol. The van der Waals surface area contributed by atoms with E-state index in [2.05, 4.69) is 15.4 Å². The summed E-state index contributed by atoms with van der Waals surface area (Å²) in [4.78, 5) is 35.6. The molecule has 2 heterocycles. The minimum atomic E-state index is -3.88. The molecule has 3 aromatic rings. The molecule has 1 aliphatic heterocycles. The Balaban J connectivity index is 0.000000223. The molecule has 35 heavy (non-hydrogen) atoms. The highest BCUT2D eigenvalue weighted by molar-refractivity contribution is 7.90. The summed E-state index contributed by atoms with van der Waals surface area (Å²) in [7, 11) is 0.939. The van der Waals surface area contributed by atoms with E-state index in [1.165, 1.54) is 31.3 Å². The first-order valence-corrected chi connectivity index (χ1v) is 11.8. The van der Waals surface area contributed by atoms with Gasteiger partial charge in [-0.25, -0.2) is 9.93 Å². The summed E-state index contributed by atoms with van der Waals surface area (Å²) in [5.74, 6) is 1.04. The minimum absolute atomic E-state index is 0.0777. The third kappa shape index (κ3) is 6.28. The Kier molecular flexibility index (Phi) is 7.62. The van der Waals surface area contributed by atoms with Crippen LogP contribution in [-0.2, 0) is 21.5 Å². The molecule has 0 radical (unpaired) electrons. The number of rotatable bonds is 6. The van der Waals surface area contributed by atoms with Crippen LogP contribution in [-0.4, -0.2) is 52.7 Å². The lowest BCUT2D eigenvalue weighted by Crippen LogP contribution is -2.36. The lowest BCUT2D eigenvalue weighted by molar-refractivity contribution is -0.109. The number of ether oxygens (including phenoxy) is 1. The highest BCUT2D eigenvalue weighted by Gasteiger charge is 2.24. The average molecular weight is 504 g/mol. The Morgan fingerprint density at radius 2 is 1.97 bits per heavy atom. The van der Waals surface area contributed by atoms with Crippen LogP contribution >= 0.6 is 0 Å². The Labute approximate surface area is 201 Å². The Bertz CT molecular complexity index is 1370. The summed E-state index contributed by atoms with van der Waals surface area (Å²) in [5, 5.41) is 10.2. The minimum Gasteiger partial charge on any atom is -0.497 e. The number of fused-ring (bicyclic) bond motifs is 2. The molecule has 1 aliphatic rings. The van der Waals surface area contributed by atoms with Gasteiger partial charge < -0.3 is 29.5 Å². The smallest absolute Gasteiger partial charge is 0.315 e. The zero-order valence-corrected chi connectivity index (χ0v) is 20.0. The lowest BCUT2D eigenvalue weighted by atomic mass is 10.1. The van der Waals surface area contributed by atoms with E-state index in [1.807, 2.05) is 12.1 Å². The number of amides is 3. The van der Waals surface area contributed by atoms with Crippen molar-refractivity contribution in [1.82, 2.24) is 15.5 Å². The fourth-order valence-electron chi connectivity index (χ4n) is 3.38. The molecule has 0 saturated carbocycles. The fraction of sp³-hybridized carbons (Fsp3) is 0.227. The van der Waals surface area contributed by atoms with Crippen molar-refractivity contribution in [3.8, 4) is 5.75 Å². The number of urea groups is 1. The number of hydrogen-bond acceptors (Lipinski definition) is 7. The predicted octanol–water partition coefficient (Wildman–Crippen LogP) is 1.50. The van der Waals surface area contributed by atoms with Gasteiger partial charge in [-0.05, 0) is 42.0 Å². The maximum absolute atomic E-state index is 11.5. The molecular weight excluding hydrogens is 478 g/mol. The molecule has 1 aromatic heterocycles. The molecule has 0 aliphatic carbocycles. The molecule has 186 valence electrons. The highest BCUT2D eigenvalue weighted by Crippen LogP contribution is 2.27. The van der Waals surface area contributed by atoms with Gasteiger partial charge in [0.15, 0.2) is 0 Å². The van der Waals surface area contributed by atoms with Crippen LogP contribution in [0.2, 0.25) is 0 Å². The van der Waals surface area contributed by atoms with E-state index in [-0.39, 0.29) is 17.4 Å². The number of carbonyl (C=O) groups excluding carboxylic acids is 3. The summed E-state index contributed by atoms with van der Waals surface area (Å²) in [5.41, 5.74) is 2.53. The van der Waals surface area contributed by atoms with Crippen LogP contribution in [0.25, 0.3) is 11.0 Å². The van der Waals surface area contributed by atoms with E-state index >= 15 is 0 Å². The SMILES string of the molecule is CNC(=O)NC(C=O)c1cc2cc(NS(N)(=O)=O)ccc2o1.COc1ccc2c(c1)C(=O)N(C)C2. The van der Waals surface area contributed by atoms with Crippen molar-refractivity contribution in [3.05, 3.63) is 59.4 Å². The van der Waals surface area contributed by atoms with Gasteiger partial charge in [-0.3, -0.25) is 9.52 Å². The predicted molar refractivity (Wildman–Crippen MR) is 128 cm³/mol. The molecular formula is C22H25N5O7S. The molecule has 12 nitrogen and oxygen atoms in total. The summed E-state index contributed by atoms with van der Waals surface area (Å²) < 4.78 is 34.6. The second-order valence-electron chi connectivity index (χ2n) is 7.57. The van der Waals surface area contributed by atoms with Gasteiger partial charge in [-0.15, -0.1) is 0 Å². The number of benzene rings is 2. The zero-order chi connectivity index (χ0) is 25.8. The van der Waals surface area contributed by atoms with Gasteiger partial charge in [0.2, 0.25) is 0 Å². The van der Waals surface area contributed by atoms with Gasteiger partial charge in [-0.2, -0.15) is 8.42 Å². The number of nitrogens with one attached hydrogen (secondary N) is 3. The Morgan fingerprint density at radius 1 is 1.23 bits per heavy atom. The molecule has 2 aromatic carbocycles. The van der Waals surface area contributed by atoms with Crippen molar-refractivity contribution >= 4 is 45.1 Å². The van der Waals surface area contributed by atoms with E-state index < -0.39 is 22.3 Å². The maximum Gasteiger partial charge on any atom is 0.315 e. The first-order chi connectivity index (χ1) is 16.5. The van der Waals surface area contributed by atoms with Gasteiger partial charge in [0.1, 0.15) is 29.4 Å². The second kappa shape index (κ2) is 10.4. The van der Waals surface area contributed by atoms with Gasteiger partial charge in [0, 0.05) is 31.6 Å². The van der Waals surface area contributed by atoms with Crippen LogP contribution in [0.1, 0.15) is 27.7 Å². The van der Waals surface area contributed by atoms with Crippen molar-refractivity contribution in [2.75, 3.05) is 25.9 Å². The number of carbonyl (C=O) groups is 3. The van der Waals surface area contributed by atoms with E-state index in [0.29, 0.717) is 23.8 Å². The topological polar surface area (TPSA) is 173 Å². The Hall–Kier alpha value is -4.10. The number of methoxy groups -OCH3 is 1. The average Bonchev–Trinajstić information content (AvgIpc) is 3.36. The fourth-order valence-corrected chi connectivity index (χ4v) is 3.84. The largest absolute Gasteiger partial charge is 0.497 e. The zero-order valence-electron chi connectivity index (χ0n) is 19.2. The van der Waals surface area contributed by atoms with Crippen molar-refractivity contribution in [1.29, 1.82) is 0 Å². The molecule has 0 spiro atoms. The number of nitrogens with two attached hydrogens (primary N) is 1.